The van der Waals surface area contributed by atoms with Crippen LogP contribution in [-0.4, -0.2) is 0 Å². The molecule has 14 fully saturated rings. The number of fused-ring (bicyclic) bond motifs is 5. The van der Waals surface area contributed by atoms with Crippen molar-refractivity contribution >= 4 is 0 Å². The molecule has 14 rings (SSSR count). The Hall–Kier alpha value is 4.42. The molecule has 0 heterocycles. The minimum absolute atomic E-state index is 0. The standard InChI is InChI=1S/3C10H18.C9H16.2C8H14.3C7H12.9C4H10.4Y/c3*1-2-6-10-8-4-3-7-9(10)5-1;1-2-5-9-7-3-6-8(9)4-1;1-3-7-5-2-6-8(7)4-1;1-7-5-3-4-6-8(7)2;2*1-3-7-5-4-6(7)2;1-2-4-7-5-3-6-7;9*1-4(2)3;;;;/h3*9-10H,1-8H2;8-9H,1-7H2;2*7-8H,1-6H2;2*6-7H,1-5H2;5,7H,1-4,6H2;9*4H,1-3H3;;;;/q;;;;;4*-2;;;;;;;;;;;;;. The van der Waals surface area contributed by atoms with Crippen molar-refractivity contribution in [2.24, 2.45) is 154 Å². The molecule has 0 nitrogen and oxygen atoms in total. The van der Waals surface area contributed by atoms with Crippen molar-refractivity contribution in [2.45, 2.75) is 514 Å². The Morgan fingerprint density at radius 3 is 0.405 bits per heavy atom. The van der Waals surface area contributed by atoms with Crippen LogP contribution in [0.15, 0.2) is 0 Å². The summed E-state index contributed by atoms with van der Waals surface area (Å²) in [6, 6.07) is 0. The molecule has 0 spiro atoms. The van der Waals surface area contributed by atoms with Crippen LogP contribution < -0.4 is 0 Å². The van der Waals surface area contributed by atoms with E-state index in [0.29, 0.717) is 11.8 Å². The Balaban J connectivity index is -0.000000179. The van der Waals surface area contributed by atoms with Gasteiger partial charge in [-0.3, -0.25) is 0 Å². The molecule has 9 unspecified atom stereocenters. The van der Waals surface area contributed by atoms with E-state index in [9.17, 15) is 0 Å². The van der Waals surface area contributed by atoms with Gasteiger partial charge in [0.05, 0.1) is 0 Å². The summed E-state index contributed by atoms with van der Waals surface area (Å²) in [6.45, 7) is 85.9. The first kappa shape index (κ1) is 136. The number of hydrogen-bond donors (Lipinski definition) is 0. The van der Waals surface area contributed by atoms with E-state index in [0.717, 1.165) is 138 Å². The number of hydrogen-bond acceptors (Lipinski definition) is 0. The summed E-state index contributed by atoms with van der Waals surface area (Å²) in [7, 11) is 0. The molecule has 0 amide bonds. The van der Waals surface area contributed by atoms with Gasteiger partial charge in [0.25, 0.3) is 0 Å². The quantitative estimate of drug-likeness (QED) is 0.246. The summed E-state index contributed by atoms with van der Waals surface area (Å²) >= 11 is 0. The van der Waals surface area contributed by atoms with Gasteiger partial charge in [-0.05, 0) is 112 Å². The van der Waals surface area contributed by atoms with E-state index in [1.54, 1.807) is 128 Å². The Labute approximate surface area is 844 Å². The van der Waals surface area contributed by atoms with Gasteiger partial charge in [-0.2, -0.15) is 55.3 Å². The third kappa shape index (κ3) is 91.7. The van der Waals surface area contributed by atoms with Gasteiger partial charge in [0.1, 0.15) is 0 Å². The van der Waals surface area contributed by atoms with E-state index >= 15 is 0 Å². The SMILES string of the molecule is C1CC2CCCC2C1.C1CCC2CCCC2C1.C1CCC2CCCCC2C1.C1CCC2CCCCC2C1.C1CCC2CCCCC2C1.CC(C)C.CC(C)C.CC(C)C.CC(C)C.CC(C)C.CC(C)C.CC(C)C.CC(C)C.CC(C)C.[CH2-]C1CCCCC1[CH2-].[CH2-]CC1CCC1[CH2-].[CH2-]CC1CCC1[CH2-].[CH2-]CCC1[CH-]CC1.[Y].[Y].[Y].[Y]. The zero-order chi connectivity index (χ0) is 85.8. The van der Waals surface area contributed by atoms with Gasteiger partial charge < -0.3 is 54.9 Å². The van der Waals surface area contributed by atoms with Crippen molar-refractivity contribution in [3.63, 3.8) is 0 Å². The van der Waals surface area contributed by atoms with Crippen LogP contribution in [0.2, 0.25) is 0 Å². The molecular weight excluding hydrogens is 1700 g/mol. The molecule has 692 valence electrons. The van der Waals surface area contributed by atoms with Gasteiger partial charge in [0.2, 0.25) is 0 Å². The van der Waals surface area contributed by atoms with Gasteiger partial charge in [0.15, 0.2) is 0 Å². The van der Waals surface area contributed by atoms with Crippen molar-refractivity contribution in [1.82, 2.24) is 0 Å². The molecular formula is C112H224Y4-8. The molecule has 0 bridgehead atoms. The molecule has 4 heteroatoms. The fourth-order valence-corrected chi connectivity index (χ4v) is 18.0. The van der Waals surface area contributed by atoms with E-state index in [2.05, 4.69) is 242 Å². The van der Waals surface area contributed by atoms with Crippen LogP contribution in [0.1, 0.15) is 514 Å². The van der Waals surface area contributed by atoms with Crippen molar-refractivity contribution < 1.29 is 131 Å². The van der Waals surface area contributed by atoms with Crippen LogP contribution in [0, 0.1) is 209 Å². The Morgan fingerprint density at radius 1 is 0.198 bits per heavy atom. The Kier molecular flexibility index (Phi) is 109. The first-order chi connectivity index (χ1) is 52.8. The summed E-state index contributed by atoms with van der Waals surface area (Å²) in [5, 5.41) is 0. The van der Waals surface area contributed by atoms with Gasteiger partial charge >= 0.3 is 0 Å². The van der Waals surface area contributed by atoms with Crippen LogP contribution >= 0.6 is 0 Å². The minimum Gasteiger partial charge on any atom is -0.343 e. The van der Waals surface area contributed by atoms with E-state index in [-0.39, 0.29) is 131 Å². The first-order valence-corrected chi connectivity index (χ1v) is 51.4. The van der Waals surface area contributed by atoms with Gasteiger partial charge in [0, 0.05) is 131 Å². The number of rotatable bonds is 4. The molecule has 0 saturated heterocycles. The predicted octanol–water partition coefficient (Wildman–Crippen LogP) is 39.4. The van der Waals surface area contributed by atoms with Crippen LogP contribution in [0.3, 0.4) is 0 Å². The fraction of sp³-hybridized carbons (Fsp3) is 0.929. The van der Waals surface area contributed by atoms with Gasteiger partial charge in [-0.15, -0.1) is 12.8 Å². The molecule has 116 heavy (non-hydrogen) atoms. The Bertz CT molecular complexity index is 1510. The second-order valence-corrected chi connectivity index (χ2v) is 44.8. The third-order valence-electron chi connectivity index (χ3n) is 24.2. The monoisotopic (exact) mass is 1930 g/mol. The van der Waals surface area contributed by atoms with Gasteiger partial charge in [-0.25, -0.2) is 0 Å². The molecule has 0 aromatic carbocycles. The second kappa shape index (κ2) is 92.7. The van der Waals surface area contributed by atoms with Crippen LogP contribution in [0.25, 0.3) is 0 Å². The molecule has 0 aromatic rings. The molecule has 14 saturated carbocycles. The van der Waals surface area contributed by atoms with E-state index in [4.69, 9.17) is 0 Å². The molecule has 0 N–H and O–H groups in total. The summed E-state index contributed by atoms with van der Waals surface area (Å²) in [5.74, 6) is 24.5. The molecule has 9 atom stereocenters. The molecule has 0 aliphatic heterocycles. The average molecular weight is 1930 g/mol. The van der Waals surface area contributed by atoms with E-state index in [1.165, 1.54) is 203 Å². The summed E-state index contributed by atoms with van der Waals surface area (Å²) < 4.78 is 0. The van der Waals surface area contributed by atoms with Crippen LogP contribution in [0.4, 0.5) is 0 Å². The average Bonchev–Trinajstić information content (AvgIpc) is 1.73. The zero-order valence-corrected chi connectivity index (χ0v) is 97.3. The largest absolute Gasteiger partial charge is 0.343 e. The normalized spacial score (nSPS) is 29.1. The maximum Gasteiger partial charge on any atom is 0 e. The smallest absolute Gasteiger partial charge is 0 e. The van der Waals surface area contributed by atoms with Crippen LogP contribution in [-0.2, 0) is 131 Å². The first-order valence-electron chi connectivity index (χ1n) is 51.4. The minimum atomic E-state index is 0. The van der Waals surface area contributed by atoms with E-state index in [1.807, 2.05) is 0 Å². The topological polar surface area (TPSA) is 0 Å². The molecule has 14 aliphatic carbocycles. The second-order valence-electron chi connectivity index (χ2n) is 44.8. The molecule has 14 aliphatic rings. The van der Waals surface area contributed by atoms with Crippen molar-refractivity contribution in [3.05, 3.63) is 54.9 Å². The van der Waals surface area contributed by atoms with Crippen molar-refractivity contribution in [3.8, 4) is 0 Å². The van der Waals surface area contributed by atoms with Crippen molar-refractivity contribution in [2.75, 3.05) is 0 Å². The fourth-order valence-electron chi connectivity index (χ4n) is 18.0. The maximum absolute atomic E-state index is 4.02. The van der Waals surface area contributed by atoms with Gasteiger partial charge in [-0.1, -0.05) is 488 Å². The van der Waals surface area contributed by atoms with Crippen molar-refractivity contribution in [1.29, 1.82) is 0 Å². The summed E-state index contributed by atoms with van der Waals surface area (Å²) in [6.07, 6.45) is 77.8. The van der Waals surface area contributed by atoms with E-state index < -0.39 is 0 Å². The third-order valence-corrected chi connectivity index (χ3v) is 24.2. The Morgan fingerprint density at radius 2 is 0.336 bits per heavy atom. The predicted molar refractivity (Wildman–Crippen MR) is 521 cm³/mol. The summed E-state index contributed by atoms with van der Waals surface area (Å²) in [4.78, 5) is 0. The summed E-state index contributed by atoms with van der Waals surface area (Å²) in [5.41, 5.74) is 0. The maximum atomic E-state index is 4.02. The molecule has 4 radical (unpaired) electrons. The molecule has 0 aromatic heterocycles. The zero-order valence-electron chi connectivity index (χ0n) is 85.9. The van der Waals surface area contributed by atoms with Crippen LogP contribution in [0.5, 0.6) is 0 Å².